The van der Waals surface area contributed by atoms with Crippen LogP contribution in [-0.2, 0) is 6.54 Å². The maximum absolute atomic E-state index is 9.74. The second kappa shape index (κ2) is 4.13. The number of hydrogen-bond donors (Lipinski definition) is 1. The van der Waals surface area contributed by atoms with E-state index in [-0.39, 0.29) is 12.0 Å². The zero-order valence-electron chi connectivity index (χ0n) is 9.70. The molecule has 0 saturated carbocycles. The molecule has 1 heterocycles. The van der Waals surface area contributed by atoms with Gasteiger partial charge in [-0.25, -0.2) is 0 Å². The van der Waals surface area contributed by atoms with E-state index in [0.717, 1.165) is 11.4 Å². The summed E-state index contributed by atoms with van der Waals surface area (Å²) < 4.78 is 1.90. The molecule has 1 unspecified atom stereocenters. The van der Waals surface area contributed by atoms with E-state index in [1.54, 1.807) is 0 Å². The van der Waals surface area contributed by atoms with Gasteiger partial charge < -0.3 is 5.11 Å². The molecule has 1 atom stereocenters. The Morgan fingerprint density at radius 3 is 2.21 bits per heavy atom. The van der Waals surface area contributed by atoms with Crippen molar-refractivity contribution in [3.8, 4) is 0 Å². The van der Waals surface area contributed by atoms with Gasteiger partial charge in [0.15, 0.2) is 0 Å². The average Bonchev–Trinajstić information content (AvgIpc) is 2.33. The third-order valence-electron chi connectivity index (χ3n) is 2.87. The molecule has 14 heavy (non-hydrogen) atoms. The monoisotopic (exact) mass is 196 g/mol. The van der Waals surface area contributed by atoms with Crippen molar-refractivity contribution < 1.29 is 5.11 Å². The van der Waals surface area contributed by atoms with Crippen LogP contribution >= 0.6 is 0 Å². The quantitative estimate of drug-likeness (QED) is 0.801. The zero-order valence-corrected chi connectivity index (χ0v) is 9.70. The van der Waals surface area contributed by atoms with Gasteiger partial charge in [0.25, 0.3) is 0 Å². The summed E-state index contributed by atoms with van der Waals surface area (Å²) in [4.78, 5) is 0. The number of aryl methyl sites for hydroxylation is 1. The molecule has 1 rings (SSSR count). The van der Waals surface area contributed by atoms with Crippen LogP contribution in [0.5, 0.6) is 0 Å². The molecule has 0 aliphatic rings. The number of aromatic nitrogens is 2. The predicted molar refractivity (Wildman–Crippen MR) is 57.3 cm³/mol. The fraction of sp³-hybridized carbons (Fsp3) is 0.727. The number of aliphatic hydroxyl groups excluding tert-OH is 1. The molecule has 1 aromatic heterocycles. The Morgan fingerprint density at radius 2 is 1.86 bits per heavy atom. The first-order valence-electron chi connectivity index (χ1n) is 5.12. The summed E-state index contributed by atoms with van der Waals surface area (Å²) >= 11 is 0. The van der Waals surface area contributed by atoms with E-state index in [4.69, 9.17) is 0 Å². The fourth-order valence-corrected chi connectivity index (χ4v) is 1.35. The summed E-state index contributed by atoms with van der Waals surface area (Å²) in [6.45, 7) is 10.7. The Labute approximate surface area is 85.8 Å². The van der Waals surface area contributed by atoms with Gasteiger partial charge in [-0.15, -0.1) is 0 Å². The molecule has 0 aliphatic heterocycles. The van der Waals surface area contributed by atoms with Crippen molar-refractivity contribution in [1.29, 1.82) is 0 Å². The van der Waals surface area contributed by atoms with E-state index in [1.807, 2.05) is 32.4 Å². The van der Waals surface area contributed by atoms with Crippen molar-refractivity contribution in [1.82, 2.24) is 9.78 Å². The van der Waals surface area contributed by atoms with E-state index in [1.165, 1.54) is 5.56 Å². The lowest BCUT2D eigenvalue weighted by molar-refractivity contribution is 0.102. The van der Waals surface area contributed by atoms with Gasteiger partial charge in [0, 0.05) is 5.69 Å². The highest BCUT2D eigenvalue weighted by Gasteiger charge is 2.13. The SMILES string of the molecule is Cc1nn(CC(O)C(C)C)c(C)c1C. The van der Waals surface area contributed by atoms with Gasteiger partial charge >= 0.3 is 0 Å². The zero-order chi connectivity index (χ0) is 10.9. The Bertz CT molecular complexity index is 315. The highest BCUT2D eigenvalue weighted by molar-refractivity contribution is 5.22. The van der Waals surface area contributed by atoms with Crippen molar-refractivity contribution in [2.75, 3.05) is 0 Å². The minimum atomic E-state index is -0.313. The fourth-order valence-electron chi connectivity index (χ4n) is 1.35. The van der Waals surface area contributed by atoms with Crippen molar-refractivity contribution in [2.45, 2.75) is 47.3 Å². The van der Waals surface area contributed by atoms with E-state index in [2.05, 4.69) is 12.0 Å². The van der Waals surface area contributed by atoms with Crippen LogP contribution in [0.1, 0.15) is 30.8 Å². The molecule has 3 nitrogen and oxygen atoms in total. The standard InChI is InChI=1S/C11H20N2O/c1-7(2)11(14)6-13-10(5)8(3)9(4)12-13/h7,11,14H,6H2,1-5H3. The Morgan fingerprint density at radius 1 is 1.29 bits per heavy atom. The van der Waals surface area contributed by atoms with Crippen LogP contribution in [0.2, 0.25) is 0 Å². The molecule has 0 bridgehead atoms. The molecule has 1 aromatic rings. The normalized spacial score (nSPS) is 13.6. The molecule has 1 N–H and O–H groups in total. The van der Waals surface area contributed by atoms with Gasteiger partial charge in [-0.1, -0.05) is 13.8 Å². The van der Waals surface area contributed by atoms with Gasteiger partial charge in [-0.2, -0.15) is 5.10 Å². The van der Waals surface area contributed by atoms with Crippen LogP contribution in [0.15, 0.2) is 0 Å². The Kier molecular flexibility index (Phi) is 3.32. The second-order valence-electron chi connectivity index (χ2n) is 4.29. The van der Waals surface area contributed by atoms with Gasteiger partial charge in [0.05, 0.1) is 18.3 Å². The molecule has 0 saturated heterocycles. The van der Waals surface area contributed by atoms with Crippen LogP contribution in [0.3, 0.4) is 0 Å². The highest BCUT2D eigenvalue weighted by Crippen LogP contribution is 2.13. The van der Waals surface area contributed by atoms with Crippen LogP contribution in [0, 0.1) is 26.7 Å². The van der Waals surface area contributed by atoms with E-state index in [9.17, 15) is 5.11 Å². The van der Waals surface area contributed by atoms with Crippen LogP contribution in [-0.4, -0.2) is 21.0 Å². The molecule has 3 heteroatoms. The number of aliphatic hydroxyl groups is 1. The maximum Gasteiger partial charge on any atom is 0.0759 e. The third-order valence-corrected chi connectivity index (χ3v) is 2.87. The van der Waals surface area contributed by atoms with Crippen molar-refractivity contribution in [3.05, 3.63) is 17.0 Å². The van der Waals surface area contributed by atoms with Crippen LogP contribution in [0.4, 0.5) is 0 Å². The summed E-state index contributed by atoms with van der Waals surface area (Å²) in [6.07, 6.45) is -0.313. The Balaban J connectivity index is 2.82. The first-order chi connectivity index (χ1) is 6.43. The third kappa shape index (κ3) is 2.15. The van der Waals surface area contributed by atoms with Gasteiger partial charge in [0.2, 0.25) is 0 Å². The van der Waals surface area contributed by atoms with Gasteiger partial charge in [-0.3, -0.25) is 4.68 Å². The molecule has 0 fully saturated rings. The van der Waals surface area contributed by atoms with Gasteiger partial charge in [0.1, 0.15) is 0 Å². The van der Waals surface area contributed by atoms with Gasteiger partial charge in [-0.05, 0) is 32.3 Å². The second-order valence-corrected chi connectivity index (χ2v) is 4.29. The molecule has 0 radical (unpaired) electrons. The minimum absolute atomic E-state index is 0.277. The molecular formula is C11H20N2O. The number of hydrogen-bond acceptors (Lipinski definition) is 2. The lowest BCUT2D eigenvalue weighted by atomic mass is 10.1. The lowest BCUT2D eigenvalue weighted by Crippen LogP contribution is -2.23. The Hall–Kier alpha value is -0.830. The van der Waals surface area contributed by atoms with Crippen LogP contribution < -0.4 is 0 Å². The highest BCUT2D eigenvalue weighted by atomic mass is 16.3. The summed E-state index contributed by atoms with van der Waals surface area (Å²) in [5, 5.41) is 14.1. The summed E-state index contributed by atoms with van der Waals surface area (Å²) in [7, 11) is 0. The molecular weight excluding hydrogens is 176 g/mol. The van der Waals surface area contributed by atoms with Crippen molar-refractivity contribution >= 4 is 0 Å². The number of rotatable bonds is 3. The summed E-state index contributed by atoms with van der Waals surface area (Å²) in [5.41, 5.74) is 3.43. The maximum atomic E-state index is 9.74. The smallest absolute Gasteiger partial charge is 0.0759 e. The topological polar surface area (TPSA) is 38.0 Å². The average molecular weight is 196 g/mol. The molecule has 0 spiro atoms. The number of nitrogens with zero attached hydrogens (tertiary/aromatic N) is 2. The van der Waals surface area contributed by atoms with Crippen LogP contribution in [0.25, 0.3) is 0 Å². The first kappa shape index (κ1) is 11.2. The van der Waals surface area contributed by atoms with E-state index >= 15 is 0 Å². The summed E-state index contributed by atoms with van der Waals surface area (Å²) in [6, 6.07) is 0. The molecule has 0 aliphatic carbocycles. The molecule has 80 valence electrons. The van der Waals surface area contributed by atoms with E-state index < -0.39 is 0 Å². The van der Waals surface area contributed by atoms with E-state index in [0.29, 0.717) is 6.54 Å². The predicted octanol–water partition coefficient (Wildman–Crippen LogP) is 1.83. The molecule has 0 amide bonds. The lowest BCUT2D eigenvalue weighted by Gasteiger charge is -2.15. The first-order valence-corrected chi connectivity index (χ1v) is 5.12. The molecule has 0 aromatic carbocycles. The minimum Gasteiger partial charge on any atom is -0.391 e. The summed E-state index contributed by atoms with van der Waals surface area (Å²) in [5.74, 6) is 0.277. The largest absolute Gasteiger partial charge is 0.391 e. The van der Waals surface area contributed by atoms with Crippen molar-refractivity contribution in [2.24, 2.45) is 5.92 Å². The van der Waals surface area contributed by atoms with Crippen molar-refractivity contribution in [3.63, 3.8) is 0 Å².